The Bertz CT molecular complexity index is 1490. The number of rotatable bonds is 10. The summed E-state index contributed by atoms with van der Waals surface area (Å²) in [7, 11) is 0. The van der Waals surface area contributed by atoms with Gasteiger partial charge in [0.25, 0.3) is 5.56 Å². The van der Waals surface area contributed by atoms with Gasteiger partial charge < -0.3 is 19.4 Å². The summed E-state index contributed by atoms with van der Waals surface area (Å²) >= 11 is 0. The minimum absolute atomic E-state index is 0.0967. The number of aromatic amines is 1. The van der Waals surface area contributed by atoms with E-state index in [9.17, 15) is 4.79 Å². The second-order valence-electron chi connectivity index (χ2n) is 11.2. The smallest absolute Gasteiger partial charge is 0.258 e. The number of fused-ring (bicyclic) bond motifs is 1. The van der Waals surface area contributed by atoms with Crippen LogP contribution in [0, 0.1) is 6.92 Å². The van der Waals surface area contributed by atoms with Crippen LogP contribution in [0.2, 0.25) is 0 Å². The largest absolute Gasteiger partial charge is 0.494 e. The molecular formula is C31H39N6O3+. The van der Waals surface area contributed by atoms with Gasteiger partial charge >= 0.3 is 0 Å². The summed E-state index contributed by atoms with van der Waals surface area (Å²) < 4.78 is 13.8. The summed E-state index contributed by atoms with van der Waals surface area (Å²) in [5, 5.41) is 14.3. The zero-order valence-electron chi connectivity index (χ0n) is 23.4. The molecule has 0 bridgehead atoms. The Morgan fingerprint density at radius 2 is 1.93 bits per heavy atom. The molecule has 9 nitrogen and oxygen atoms in total. The molecule has 3 atom stereocenters. The molecule has 0 amide bonds. The van der Waals surface area contributed by atoms with Crippen molar-refractivity contribution in [1.82, 2.24) is 25.2 Å². The summed E-state index contributed by atoms with van der Waals surface area (Å²) in [6, 6.07) is 16.4. The molecule has 1 saturated heterocycles. The van der Waals surface area contributed by atoms with Crippen LogP contribution in [0.4, 0.5) is 0 Å². The van der Waals surface area contributed by atoms with E-state index in [0.29, 0.717) is 18.7 Å². The van der Waals surface area contributed by atoms with Crippen molar-refractivity contribution in [2.45, 2.75) is 77.1 Å². The summed E-state index contributed by atoms with van der Waals surface area (Å²) in [5.74, 6) is 1.61. The van der Waals surface area contributed by atoms with E-state index in [4.69, 9.17) is 9.47 Å². The number of H-pyrrole nitrogens is 1. The van der Waals surface area contributed by atoms with Crippen LogP contribution >= 0.6 is 0 Å². The number of aromatic nitrogens is 5. The summed E-state index contributed by atoms with van der Waals surface area (Å²) in [6.45, 7) is 6.88. The lowest BCUT2D eigenvalue weighted by Gasteiger charge is -2.30. The van der Waals surface area contributed by atoms with Gasteiger partial charge in [-0.1, -0.05) is 25.0 Å². The number of aryl methyl sites for hydroxylation is 1. The van der Waals surface area contributed by atoms with Crippen molar-refractivity contribution >= 4 is 10.9 Å². The van der Waals surface area contributed by atoms with E-state index in [1.807, 2.05) is 42.8 Å². The van der Waals surface area contributed by atoms with Gasteiger partial charge in [0.15, 0.2) is 6.04 Å². The number of nitrogens with zero attached hydrogens (tertiary/aromatic N) is 4. The molecule has 9 heteroatoms. The van der Waals surface area contributed by atoms with Crippen LogP contribution in [-0.2, 0) is 11.3 Å². The predicted molar refractivity (Wildman–Crippen MR) is 153 cm³/mol. The quantitative estimate of drug-likeness (QED) is 0.317. The van der Waals surface area contributed by atoms with Gasteiger partial charge in [-0.05, 0) is 97.3 Å². The molecule has 2 N–H and O–H groups in total. The third-order valence-electron chi connectivity index (χ3n) is 8.38. The highest BCUT2D eigenvalue weighted by Crippen LogP contribution is 2.31. The van der Waals surface area contributed by atoms with Gasteiger partial charge in [0.05, 0.1) is 18.2 Å². The molecule has 2 aliphatic rings. The highest BCUT2D eigenvalue weighted by molar-refractivity contribution is 5.79. The molecule has 6 rings (SSSR count). The number of tetrazole rings is 1. The minimum atomic E-state index is -0.360. The van der Waals surface area contributed by atoms with Crippen LogP contribution in [0.25, 0.3) is 10.9 Å². The first-order valence-electron chi connectivity index (χ1n) is 14.7. The second kappa shape index (κ2) is 11.9. The Balaban J connectivity index is 1.47. The molecular weight excluding hydrogens is 504 g/mol. The maximum absolute atomic E-state index is 13.8. The van der Waals surface area contributed by atoms with Crippen molar-refractivity contribution in [2.24, 2.45) is 0 Å². The zero-order chi connectivity index (χ0) is 27.5. The molecule has 0 spiro atoms. The van der Waals surface area contributed by atoms with Crippen molar-refractivity contribution in [3.05, 3.63) is 81.4 Å². The Morgan fingerprint density at radius 3 is 2.67 bits per heavy atom. The fourth-order valence-electron chi connectivity index (χ4n) is 6.41. The lowest BCUT2D eigenvalue weighted by Crippen LogP contribution is -3.12. The molecule has 40 heavy (non-hydrogen) atoms. The summed E-state index contributed by atoms with van der Waals surface area (Å²) in [6.07, 6.45) is 6.64. The maximum atomic E-state index is 13.8. The van der Waals surface area contributed by atoms with Gasteiger partial charge in [-0.15, -0.1) is 5.10 Å². The molecule has 1 aliphatic heterocycles. The Kier molecular flexibility index (Phi) is 7.93. The normalized spacial score (nSPS) is 19.3. The van der Waals surface area contributed by atoms with E-state index in [1.165, 1.54) is 17.7 Å². The van der Waals surface area contributed by atoms with Gasteiger partial charge in [-0.2, -0.15) is 0 Å². The van der Waals surface area contributed by atoms with E-state index in [-0.39, 0.29) is 23.7 Å². The van der Waals surface area contributed by atoms with Crippen molar-refractivity contribution in [3.8, 4) is 5.75 Å². The fraction of sp³-hybridized carbons (Fsp3) is 0.484. The van der Waals surface area contributed by atoms with Crippen molar-refractivity contribution in [3.63, 3.8) is 0 Å². The first kappa shape index (κ1) is 26.7. The molecule has 0 radical (unpaired) electrons. The zero-order valence-corrected chi connectivity index (χ0v) is 23.4. The van der Waals surface area contributed by atoms with Crippen LogP contribution in [0.1, 0.15) is 80.0 Å². The predicted octanol–water partition coefficient (Wildman–Crippen LogP) is 3.69. The van der Waals surface area contributed by atoms with Gasteiger partial charge in [-0.25, -0.2) is 4.68 Å². The third-order valence-corrected chi connectivity index (χ3v) is 8.38. The van der Waals surface area contributed by atoms with E-state index >= 15 is 0 Å². The molecule has 1 aliphatic carbocycles. The number of quaternary nitrogens is 1. The maximum Gasteiger partial charge on any atom is 0.258 e. The number of benzene rings is 2. The highest BCUT2D eigenvalue weighted by atomic mass is 16.5. The van der Waals surface area contributed by atoms with Crippen molar-refractivity contribution < 1.29 is 14.4 Å². The number of hydrogen-bond donors (Lipinski definition) is 2. The van der Waals surface area contributed by atoms with Crippen LogP contribution in [0.15, 0.2) is 53.3 Å². The first-order chi connectivity index (χ1) is 19.6. The summed E-state index contributed by atoms with van der Waals surface area (Å²) in [5.41, 5.74) is 3.70. The topological polar surface area (TPSA) is 99.4 Å². The Morgan fingerprint density at radius 1 is 1.10 bits per heavy atom. The average Bonchev–Trinajstić information content (AvgIpc) is 3.74. The number of hydrogen-bond acceptors (Lipinski definition) is 6. The highest BCUT2D eigenvalue weighted by Gasteiger charge is 2.38. The van der Waals surface area contributed by atoms with Gasteiger partial charge in [0.1, 0.15) is 24.9 Å². The van der Waals surface area contributed by atoms with Crippen LogP contribution < -0.4 is 15.2 Å². The lowest BCUT2D eigenvalue weighted by atomic mass is 10.0. The third kappa shape index (κ3) is 5.67. The SMILES string of the molecule is CCOc1ccc(C[NH+](CC2CCCO2)C(c2cc3ccc(C)cc3[nH]c2=O)c2nnnn2C2CCCC2)cc1. The first-order valence-corrected chi connectivity index (χ1v) is 14.7. The standard InChI is InChI=1S/C31H38N6O3/c1-3-39-25-14-11-22(12-15-25)19-36(20-26-9-6-16-40-26)29(30-33-34-35-37(30)24-7-4-5-8-24)27-18-23-13-10-21(2)17-28(23)32-31(27)38/h10-15,17-18,24,26,29H,3-9,16,19-20H2,1-2H3,(H,32,38)/p+1. The van der Waals surface area contributed by atoms with Crippen molar-refractivity contribution in [1.29, 1.82) is 0 Å². The van der Waals surface area contributed by atoms with Gasteiger partial charge in [0, 0.05) is 17.7 Å². The van der Waals surface area contributed by atoms with Crippen LogP contribution in [0.5, 0.6) is 5.75 Å². The molecule has 3 unspecified atom stereocenters. The van der Waals surface area contributed by atoms with E-state index in [2.05, 4.69) is 44.8 Å². The van der Waals surface area contributed by atoms with Gasteiger partial charge in [0.2, 0.25) is 5.82 Å². The Hall–Kier alpha value is -3.56. The molecule has 4 aromatic rings. The Labute approximate surface area is 234 Å². The molecule has 2 fully saturated rings. The fourth-order valence-corrected chi connectivity index (χ4v) is 6.41. The molecule has 1 saturated carbocycles. The average molecular weight is 544 g/mol. The van der Waals surface area contributed by atoms with E-state index < -0.39 is 0 Å². The monoisotopic (exact) mass is 543 g/mol. The lowest BCUT2D eigenvalue weighted by molar-refractivity contribution is -0.942. The van der Waals surface area contributed by atoms with Crippen LogP contribution in [-0.4, -0.2) is 51.1 Å². The molecule has 2 aromatic carbocycles. The van der Waals surface area contributed by atoms with E-state index in [0.717, 1.165) is 72.4 Å². The molecule has 210 valence electrons. The number of ether oxygens (including phenoxy) is 2. The summed E-state index contributed by atoms with van der Waals surface area (Å²) in [4.78, 5) is 18.2. The second-order valence-corrected chi connectivity index (χ2v) is 11.2. The van der Waals surface area contributed by atoms with Crippen LogP contribution in [0.3, 0.4) is 0 Å². The molecule has 2 aromatic heterocycles. The number of nitrogens with one attached hydrogen (secondary N) is 2. The molecule has 3 heterocycles. The number of pyridine rings is 1. The van der Waals surface area contributed by atoms with E-state index in [1.54, 1.807) is 0 Å². The van der Waals surface area contributed by atoms with Crippen molar-refractivity contribution in [2.75, 3.05) is 19.8 Å². The van der Waals surface area contributed by atoms with Gasteiger partial charge in [-0.3, -0.25) is 4.79 Å². The minimum Gasteiger partial charge on any atom is -0.494 e.